The number of carbonyl (C=O) groups excluding carboxylic acids is 2. The van der Waals surface area contributed by atoms with Gasteiger partial charge in [0.05, 0.1) is 6.42 Å². The van der Waals surface area contributed by atoms with Gasteiger partial charge in [-0.1, -0.05) is 63.6 Å². The number of benzene rings is 2. The number of aliphatic carboxylic acids is 1. The topological polar surface area (TPSA) is 83.9 Å². The number of nitrogens with zero attached hydrogens (tertiary/aromatic N) is 1. The first-order valence-electron chi connectivity index (χ1n) is 13.8. The van der Waals surface area contributed by atoms with Crippen LogP contribution in [0.15, 0.2) is 71.1 Å². The van der Waals surface area contributed by atoms with Crippen LogP contribution in [-0.4, -0.2) is 34.1 Å². The summed E-state index contributed by atoms with van der Waals surface area (Å²) in [5.74, 6) is -0.731. The van der Waals surface area contributed by atoms with Crippen molar-refractivity contribution in [3.05, 3.63) is 87.2 Å². The molecule has 2 aromatic carbocycles. The molecule has 0 bridgehead atoms. The van der Waals surface area contributed by atoms with Gasteiger partial charge in [-0.25, -0.2) is 0 Å². The Morgan fingerprint density at radius 3 is 2.10 bits per heavy atom. The quantitative estimate of drug-likeness (QED) is 0.389. The second kappa shape index (κ2) is 10.5. The Balaban J connectivity index is 1.62. The van der Waals surface area contributed by atoms with E-state index >= 15 is 0 Å². The highest BCUT2D eigenvalue weighted by molar-refractivity contribution is 6.30. The number of ketones is 2. The molecule has 5 rings (SSSR count). The smallest absolute Gasteiger partial charge is 0.305 e. The second-order valence-electron chi connectivity index (χ2n) is 12.8. The molecule has 0 saturated heterocycles. The molecule has 0 amide bonds. The molecule has 0 fully saturated rings. The first kappa shape index (κ1) is 28.2. The number of ether oxygens (including phenoxy) is 1. The minimum atomic E-state index is -0.904. The summed E-state index contributed by atoms with van der Waals surface area (Å²) in [7, 11) is 0. The number of carboxylic acid groups (broad SMARTS) is 1. The third-order valence-corrected chi connectivity index (χ3v) is 8.29. The van der Waals surface area contributed by atoms with Gasteiger partial charge in [-0.15, -0.1) is 0 Å². The number of rotatable bonds is 7. The molecule has 0 radical (unpaired) electrons. The molecule has 0 atom stereocenters. The number of hydrogen-bond acceptors (Lipinski definition) is 5. The van der Waals surface area contributed by atoms with E-state index in [0.29, 0.717) is 54.2 Å². The fraction of sp³-hybridized carbons (Fsp3) is 0.424. The highest BCUT2D eigenvalue weighted by Crippen LogP contribution is 2.54. The highest BCUT2D eigenvalue weighted by Gasteiger charge is 2.49. The Labute approximate surface area is 240 Å². The lowest BCUT2D eigenvalue weighted by atomic mass is 9.63. The van der Waals surface area contributed by atoms with Crippen LogP contribution >= 0.6 is 11.6 Å². The lowest BCUT2D eigenvalue weighted by Crippen LogP contribution is -2.45. The van der Waals surface area contributed by atoms with Gasteiger partial charge >= 0.3 is 5.97 Å². The molecule has 0 aromatic heterocycles. The number of hydrogen-bond donors (Lipinski definition) is 1. The van der Waals surface area contributed by atoms with Crippen molar-refractivity contribution in [2.24, 2.45) is 10.8 Å². The molecule has 6 nitrogen and oxygen atoms in total. The summed E-state index contributed by atoms with van der Waals surface area (Å²) in [5.41, 5.74) is 4.22. The Bertz CT molecular complexity index is 1400. The van der Waals surface area contributed by atoms with Gasteiger partial charge in [0.25, 0.3) is 0 Å². The summed E-state index contributed by atoms with van der Waals surface area (Å²) in [6, 6.07) is 15.2. The predicted molar refractivity (Wildman–Crippen MR) is 154 cm³/mol. The lowest BCUT2D eigenvalue weighted by Gasteiger charge is -2.49. The van der Waals surface area contributed by atoms with Crippen LogP contribution in [0.3, 0.4) is 0 Å². The molecule has 0 saturated carbocycles. The van der Waals surface area contributed by atoms with Crippen LogP contribution in [0, 0.1) is 10.8 Å². The zero-order chi connectivity index (χ0) is 28.8. The third kappa shape index (κ3) is 5.73. The monoisotopic (exact) mass is 561 g/mol. The molecule has 3 aliphatic rings. The molecule has 7 heteroatoms. The molecule has 2 aliphatic carbocycles. The summed E-state index contributed by atoms with van der Waals surface area (Å²) in [6.45, 7) is 8.86. The van der Waals surface area contributed by atoms with E-state index in [4.69, 9.17) is 16.3 Å². The predicted octanol–water partition coefficient (Wildman–Crippen LogP) is 7.08. The fourth-order valence-corrected chi connectivity index (χ4v) is 6.65. The Kier molecular flexibility index (Phi) is 7.43. The van der Waals surface area contributed by atoms with E-state index in [-0.39, 0.29) is 35.4 Å². The lowest BCUT2D eigenvalue weighted by molar-refractivity contribution is -0.137. The van der Waals surface area contributed by atoms with Gasteiger partial charge in [0.2, 0.25) is 0 Å². The van der Waals surface area contributed by atoms with E-state index in [1.807, 2.05) is 53.4 Å². The molecule has 1 aliphatic heterocycles. The summed E-state index contributed by atoms with van der Waals surface area (Å²) in [5, 5.41) is 10.2. The van der Waals surface area contributed by atoms with Crippen LogP contribution in [0.2, 0.25) is 5.02 Å². The Morgan fingerprint density at radius 1 is 0.925 bits per heavy atom. The SMILES string of the molecule is CC1(C)CC(=O)C2=C(C1)N(CCC(=O)O)C1=C(C(=O)CC(C)(C)C1)C2c1cccc(OCc2cccc(Cl)c2)c1. The van der Waals surface area contributed by atoms with Gasteiger partial charge in [0, 0.05) is 52.9 Å². The number of Topliss-reactive ketones (excluding diaryl/α,β-unsaturated/α-hetero) is 2. The molecule has 2 aromatic rings. The van der Waals surface area contributed by atoms with Crippen molar-refractivity contribution < 1.29 is 24.2 Å². The maximum atomic E-state index is 13.9. The van der Waals surface area contributed by atoms with E-state index in [1.165, 1.54) is 0 Å². The fourth-order valence-electron chi connectivity index (χ4n) is 6.44. The maximum absolute atomic E-state index is 13.9. The van der Waals surface area contributed by atoms with Crippen LogP contribution in [-0.2, 0) is 21.0 Å². The van der Waals surface area contributed by atoms with E-state index in [0.717, 1.165) is 22.5 Å². The van der Waals surface area contributed by atoms with Crippen LogP contribution in [0.4, 0.5) is 0 Å². The Hall–Kier alpha value is -3.38. The largest absolute Gasteiger partial charge is 0.489 e. The summed E-state index contributed by atoms with van der Waals surface area (Å²) >= 11 is 6.14. The van der Waals surface area contributed by atoms with E-state index in [1.54, 1.807) is 0 Å². The van der Waals surface area contributed by atoms with E-state index in [9.17, 15) is 19.5 Å². The summed E-state index contributed by atoms with van der Waals surface area (Å²) in [6.07, 6.45) is 1.96. The van der Waals surface area contributed by atoms with Crippen molar-refractivity contribution in [3.63, 3.8) is 0 Å². The zero-order valence-electron chi connectivity index (χ0n) is 23.6. The third-order valence-electron chi connectivity index (χ3n) is 8.06. The number of carbonyl (C=O) groups is 3. The first-order valence-corrected chi connectivity index (χ1v) is 14.2. The number of allylic oxidation sites excluding steroid dienone is 4. The van der Waals surface area contributed by atoms with E-state index < -0.39 is 11.9 Å². The van der Waals surface area contributed by atoms with E-state index in [2.05, 4.69) is 27.7 Å². The van der Waals surface area contributed by atoms with Gasteiger partial charge in [-0.2, -0.15) is 0 Å². The molecular formula is C33H36ClNO5. The van der Waals surface area contributed by atoms with Gasteiger partial charge in [-0.3, -0.25) is 14.4 Å². The van der Waals surface area contributed by atoms with Crippen molar-refractivity contribution >= 4 is 29.1 Å². The van der Waals surface area contributed by atoms with Gasteiger partial charge in [0.15, 0.2) is 11.6 Å². The van der Waals surface area contributed by atoms with Crippen molar-refractivity contribution in [2.75, 3.05) is 6.54 Å². The first-order chi connectivity index (χ1) is 18.8. The molecule has 0 unspecified atom stereocenters. The zero-order valence-corrected chi connectivity index (χ0v) is 24.3. The van der Waals surface area contributed by atoms with Crippen molar-refractivity contribution in [1.29, 1.82) is 0 Å². The van der Waals surface area contributed by atoms with Crippen molar-refractivity contribution in [2.45, 2.75) is 72.3 Å². The second-order valence-corrected chi connectivity index (χ2v) is 13.3. The van der Waals surface area contributed by atoms with Crippen LogP contribution in [0.5, 0.6) is 5.75 Å². The molecule has 40 heavy (non-hydrogen) atoms. The van der Waals surface area contributed by atoms with Crippen molar-refractivity contribution in [3.8, 4) is 5.75 Å². The molecule has 210 valence electrons. The van der Waals surface area contributed by atoms with Gasteiger partial charge in [-0.05, 0) is 59.1 Å². The van der Waals surface area contributed by atoms with Crippen LogP contribution in [0.1, 0.15) is 76.8 Å². The molecule has 0 spiro atoms. The van der Waals surface area contributed by atoms with Gasteiger partial charge in [0.1, 0.15) is 12.4 Å². The van der Waals surface area contributed by atoms with Crippen molar-refractivity contribution in [1.82, 2.24) is 4.90 Å². The average Bonchev–Trinajstić information content (AvgIpc) is 2.84. The van der Waals surface area contributed by atoms with Crippen LogP contribution < -0.4 is 4.74 Å². The highest BCUT2D eigenvalue weighted by atomic mass is 35.5. The minimum absolute atomic E-state index is 0.0195. The molecule has 1 N–H and O–H groups in total. The normalized spacial score (nSPS) is 20.4. The average molecular weight is 562 g/mol. The summed E-state index contributed by atoms with van der Waals surface area (Å²) < 4.78 is 6.12. The number of halogens is 1. The molecular weight excluding hydrogens is 526 g/mol. The standard InChI is InChI=1S/C33H36ClNO5/c1-32(2)15-24-30(26(36)17-32)29(21-8-6-10-23(14-21)40-19-20-7-5-9-22(34)13-20)31-25(35(24)12-11-28(38)39)16-33(3,4)18-27(31)37/h5-10,13-14,29H,11-12,15-19H2,1-4H3,(H,38,39). The van der Waals surface area contributed by atoms with Crippen LogP contribution in [0.25, 0.3) is 0 Å². The Morgan fingerprint density at radius 2 is 1.52 bits per heavy atom. The minimum Gasteiger partial charge on any atom is -0.489 e. The summed E-state index contributed by atoms with van der Waals surface area (Å²) in [4.78, 5) is 41.4. The van der Waals surface area contributed by atoms with Gasteiger partial charge < -0.3 is 14.7 Å². The number of carboxylic acids is 1. The maximum Gasteiger partial charge on any atom is 0.305 e. The molecule has 1 heterocycles.